The molecule has 1 amide bonds. The van der Waals surface area contributed by atoms with Gasteiger partial charge in [-0.1, -0.05) is 24.3 Å². The maximum atomic E-state index is 13.0. The number of benzene rings is 2. The van der Waals surface area contributed by atoms with Gasteiger partial charge in [0, 0.05) is 31.7 Å². The first kappa shape index (κ1) is 17.6. The van der Waals surface area contributed by atoms with Crippen molar-refractivity contribution in [3.63, 3.8) is 0 Å². The Balaban J connectivity index is 1.63. The van der Waals surface area contributed by atoms with Crippen LogP contribution in [0.5, 0.6) is 0 Å². The van der Waals surface area contributed by atoms with Crippen LogP contribution in [0.25, 0.3) is 0 Å². The SMILES string of the molecule is CC(=O)Nc1ccc(CN(CC(O)c2ccc(F)cc2)C2CC2)cc1. The smallest absolute Gasteiger partial charge is 0.221 e. The van der Waals surface area contributed by atoms with E-state index in [4.69, 9.17) is 0 Å². The predicted octanol–water partition coefficient (Wildman–Crippen LogP) is 3.48. The van der Waals surface area contributed by atoms with Crippen LogP contribution in [0, 0.1) is 5.82 Å². The molecular weight excluding hydrogens is 319 g/mol. The van der Waals surface area contributed by atoms with Crippen LogP contribution in [0.15, 0.2) is 48.5 Å². The van der Waals surface area contributed by atoms with Gasteiger partial charge in [0.1, 0.15) is 5.82 Å². The number of halogens is 1. The normalized spacial score (nSPS) is 15.2. The Hall–Kier alpha value is -2.24. The summed E-state index contributed by atoms with van der Waals surface area (Å²) in [5.41, 5.74) is 2.64. The molecular formula is C20H23FN2O2. The molecule has 0 aromatic heterocycles. The molecule has 0 aliphatic heterocycles. The van der Waals surface area contributed by atoms with Gasteiger partial charge in [-0.05, 0) is 48.2 Å². The van der Waals surface area contributed by atoms with E-state index in [-0.39, 0.29) is 11.7 Å². The molecule has 3 rings (SSSR count). The van der Waals surface area contributed by atoms with Crippen molar-refractivity contribution < 1.29 is 14.3 Å². The van der Waals surface area contributed by atoms with Crippen molar-refractivity contribution in [1.29, 1.82) is 0 Å². The maximum absolute atomic E-state index is 13.0. The lowest BCUT2D eigenvalue weighted by atomic mass is 10.1. The third kappa shape index (κ3) is 5.11. The number of nitrogens with zero attached hydrogens (tertiary/aromatic N) is 1. The molecule has 1 atom stereocenters. The summed E-state index contributed by atoms with van der Waals surface area (Å²) in [6.45, 7) is 2.74. The second-order valence-corrected chi connectivity index (χ2v) is 6.61. The Morgan fingerprint density at radius 2 is 1.84 bits per heavy atom. The summed E-state index contributed by atoms with van der Waals surface area (Å²) < 4.78 is 13.0. The van der Waals surface area contributed by atoms with Crippen molar-refractivity contribution in [2.45, 2.75) is 38.5 Å². The zero-order chi connectivity index (χ0) is 17.8. The van der Waals surface area contributed by atoms with E-state index < -0.39 is 6.10 Å². The van der Waals surface area contributed by atoms with Crippen LogP contribution in [-0.2, 0) is 11.3 Å². The van der Waals surface area contributed by atoms with Gasteiger partial charge in [0.05, 0.1) is 6.10 Å². The Kier molecular flexibility index (Phi) is 5.46. The molecule has 0 heterocycles. The van der Waals surface area contributed by atoms with Crippen molar-refractivity contribution >= 4 is 11.6 Å². The molecule has 2 aromatic rings. The lowest BCUT2D eigenvalue weighted by molar-refractivity contribution is -0.114. The van der Waals surface area contributed by atoms with Gasteiger partial charge < -0.3 is 10.4 Å². The number of hydrogen-bond acceptors (Lipinski definition) is 3. The Morgan fingerprint density at radius 3 is 2.40 bits per heavy atom. The third-order valence-electron chi connectivity index (χ3n) is 4.39. The maximum Gasteiger partial charge on any atom is 0.221 e. The van der Waals surface area contributed by atoms with Gasteiger partial charge in [-0.15, -0.1) is 0 Å². The first-order chi connectivity index (χ1) is 12.0. The number of anilines is 1. The number of amides is 1. The second-order valence-electron chi connectivity index (χ2n) is 6.61. The number of nitrogens with one attached hydrogen (secondary N) is 1. The minimum absolute atomic E-state index is 0.0882. The molecule has 0 bridgehead atoms. The van der Waals surface area contributed by atoms with Crippen molar-refractivity contribution in [2.75, 3.05) is 11.9 Å². The van der Waals surface area contributed by atoms with Crippen LogP contribution in [0.2, 0.25) is 0 Å². The van der Waals surface area contributed by atoms with Crippen LogP contribution in [0.1, 0.15) is 37.0 Å². The van der Waals surface area contributed by atoms with Gasteiger partial charge in [-0.3, -0.25) is 9.69 Å². The minimum atomic E-state index is -0.639. The van der Waals surface area contributed by atoms with Gasteiger partial charge in [0.2, 0.25) is 5.91 Å². The van der Waals surface area contributed by atoms with Gasteiger partial charge in [-0.25, -0.2) is 4.39 Å². The fourth-order valence-corrected chi connectivity index (χ4v) is 2.93. The molecule has 1 saturated carbocycles. The number of aliphatic hydroxyl groups is 1. The monoisotopic (exact) mass is 342 g/mol. The highest BCUT2D eigenvalue weighted by Gasteiger charge is 2.30. The summed E-state index contributed by atoms with van der Waals surface area (Å²) in [5.74, 6) is -0.385. The number of hydrogen-bond donors (Lipinski definition) is 2. The summed E-state index contributed by atoms with van der Waals surface area (Å²) in [7, 11) is 0. The molecule has 1 unspecified atom stereocenters. The molecule has 2 N–H and O–H groups in total. The van der Waals surface area contributed by atoms with Crippen molar-refractivity contribution in [1.82, 2.24) is 4.90 Å². The van der Waals surface area contributed by atoms with Gasteiger partial charge in [0.15, 0.2) is 0 Å². The molecule has 4 nitrogen and oxygen atoms in total. The van der Waals surface area contributed by atoms with E-state index in [9.17, 15) is 14.3 Å². The highest BCUT2D eigenvalue weighted by Crippen LogP contribution is 2.30. The quantitative estimate of drug-likeness (QED) is 0.810. The third-order valence-corrected chi connectivity index (χ3v) is 4.39. The standard InChI is InChI=1S/C20H23FN2O2/c1-14(24)22-18-8-2-15(3-9-18)12-23(19-10-11-19)13-20(25)16-4-6-17(21)7-5-16/h2-9,19-20,25H,10-13H2,1H3,(H,22,24). The average molecular weight is 342 g/mol. The van der Waals surface area contributed by atoms with Crippen LogP contribution < -0.4 is 5.32 Å². The number of carbonyl (C=O) groups excluding carboxylic acids is 1. The van der Waals surface area contributed by atoms with E-state index in [0.29, 0.717) is 12.6 Å². The first-order valence-corrected chi connectivity index (χ1v) is 8.55. The molecule has 25 heavy (non-hydrogen) atoms. The van der Waals surface area contributed by atoms with E-state index in [2.05, 4.69) is 10.2 Å². The molecule has 1 aliphatic rings. The topological polar surface area (TPSA) is 52.6 Å². The Morgan fingerprint density at radius 1 is 1.20 bits per heavy atom. The Labute approximate surface area is 147 Å². The number of carbonyl (C=O) groups is 1. The number of rotatable bonds is 7. The lowest BCUT2D eigenvalue weighted by Gasteiger charge is -2.25. The minimum Gasteiger partial charge on any atom is -0.387 e. The molecule has 132 valence electrons. The molecule has 0 spiro atoms. The predicted molar refractivity (Wildman–Crippen MR) is 95.5 cm³/mol. The molecule has 1 aliphatic carbocycles. The second kappa shape index (κ2) is 7.76. The fourth-order valence-electron chi connectivity index (χ4n) is 2.93. The summed E-state index contributed by atoms with van der Waals surface area (Å²) in [6, 6.07) is 14.3. The Bertz CT molecular complexity index is 711. The van der Waals surface area contributed by atoms with Crippen molar-refractivity contribution in [3.05, 3.63) is 65.5 Å². The zero-order valence-corrected chi connectivity index (χ0v) is 14.3. The summed E-state index contributed by atoms with van der Waals surface area (Å²) in [6.07, 6.45) is 1.64. The summed E-state index contributed by atoms with van der Waals surface area (Å²) >= 11 is 0. The summed E-state index contributed by atoms with van der Waals surface area (Å²) in [5, 5.41) is 13.2. The van der Waals surface area contributed by atoms with E-state index in [1.54, 1.807) is 12.1 Å². The first-order valence-electron chi connectivity index (χ1n) is 8.55. The molecule has 5 heteroatoms. The van der Waals surface area contributed by atoms with E-state index in [1.807, 2.05) is 24.3 Å². The van der Waals surface area contributed by atoms with E-state index in [1.165, 1.54) is 19.1 Å². The van der Waals surface area contributed by atoms with Gasteiger partial charge in [-0.2, -0.15) is 0 Å². The van der Waals surface area contributed by atoms with Gasteiger partial charge >= 0.3 is 0 Å². The van der Waals surface area contributed by atoms with Crippen molar-refractivity contribution in [2.24, 2.45) is 0 Å². The molecule has 2 aromatic carbocycles. The number of aliphatic hydroxyl groups excluding tert-OH is 1. The average Bonchev–Trinajstić information content (AvgIpc) is 3.41. The summed E-state index contributed by atoms with van der Waals surface area (Å²) in [4.78, 5) is 13.3. The lowest BCUT2D eigenvalue weighted by Crippen LogP contribution is -2.30. The van der Waals surface area contributed by atoms with Crippen LogP contribution in [0.4, 0.5) is 10.1 Å². The van der Waals surface area contributed by atoms with Crippen molar-refractivity contribution in [3.8, 4) is 0 Å². The zero-order valence-electron chi connectivity index (χ0n) is 14.3. The van der Waals surface area contributed by atoms with Crippen LogP contribution in [-0.4, -0.2) is 28.5 Å². The van der Waals surface area contributed by atoms with E-state index in [0.717, 1.165) is 36.2 Å². The van der Waals surface area contributed by atoms with Gasteiger partial charge in [0.25, 0.3) is 0 Å². The van der Waals surface area contributed by atoms with Crippen LogP contribution >= 0.6 is 0 Å². The fraction of sp³-hybridized carbons (Fsp3) is 0.350. The highest BCUT2D eigenvalue weighted by molar-refractivity contribution is 5.88. The largest absolute Gasteiger partial charge is 0.387 e. The van der Waals surface area contributed by atoms with Crippen LogP contribution in [0.3, 0.4) is 0 Å². The molecule has 0 radical (unpaired) electrons. The molecule has 1 fully saturated rings. The highest BCUT2D eigenvalue weighted by atomic mass is 19.1. The van der Waals surface area contributed by atoms with E-state index >= 15 is 0 Å². The molecule has 0 saturated heterocycles.